The normalized spacial score (nSPS) is 36.1. The van der Waals surface area contributed by atoms with Crippen LogP contribution in [0.5, 0.6) is 0 Å². The smallest absolute Gasteiger partial charge is 0.245 e. The van der Waals surface area contributed by atoms with Gasteiger partial charge < -0.3 is 10.2 Å². The largest absolute Gasteiger partial charge is 0.343 e. The fraction of sp³-hybridized carbons (Fsp3) is 0.800. The van der Waals surface area contributed by atoms with Gasteiger partial charge in [-0.3, -0.25) is 13.8 Å². The van der Waals surface area contributed by atoms with E-state index >= 15 is 0 Å². The van der Waals surface area contributed by atoms with Crippen LogP contribution in [0.25, 0.3) is 0 Å². The van der Waals surface area contributed by atoms with E-state index in [0.29, 0.717) is 11.5 Å². The molecule has 2 heterocycles. The topological polar surface area (TPSA) is 66.5 Å². The first kappa shape index (κ1) is 11.6. The maximum absolute atomic E-state index is 11.9. The molecule has 1 unspecified atom stereocenters. The lowest BCUT2D eigenvalue weighted by Gasteiger charge is -2.38. The first-order valence-electron chi connectivity index (χ1n) is 5.53. The molecule has 0 aliphatic carbocycles. The van der Waals surface area contributed by atoms with Crippen LogP contribution in [-0.2, 0) is 20.4 Å². The molecule has 6 heteroatoms. The van der Waals surface area contributed by atoms with Crippen molar-refractivity contribution in [2.75, 3.05) is 18.1 Å². The maximum Gasteiger partial charge on any atom is 0.245 e. The Morgan fingerprint density at radius 2 is 1.94 bits per heavy atom. The molecule has 2 fully saturated rings. The Morgan fingerprint density at radius 1 is 1.31 bits per heavy atom. The van der Waals surface area contributed by atoms with Crippen molar-refractivity contribution in [3.63, 3.8) is 0 Å². The molecule has 2 aliphatic rings. The summed E-state index contributed by atoms with van der Waals surface area (Å²) in [5.41, 5.74) is 0. The van der Waals surface area contributed by atoms with Gasteiger partial charge in [0.2, 0.25) is 11.8 Å². The molecule has 0 radical (unpaired) electrons. The van der Waals surface area contributed by atoms with E-state index in [-0.39, 0.29) is 24.4 Å². The quantitative estimate of drug-likeness (QED) is 0.659. The molecule has 0 aromatic heterocycles. The summed E-state index contributed by atoms with van der Waals surface area (Å²) in [4.78, 5) is 24.9. The molecule has 0 spiro atoms. The fourth-order valence-electron chi connectivity index (χ4n) is 2.23. The summed E-state index contributed by atoms with van der Waals surface area (Å²) in [6.07, 6.45) is 1.50. The highest BCUT2D eigenvalue weighted by Crippen LogP contribution is 2.18. The highest BCUT2D eigenvalue weighted by atomic mass is 32.2. The van der Waals surface area contributed by atoms with Gasteiger partial charge in [-0.15, -0.1) is 0 Å². The standard InChI is InChI=1S/C10H16N2O3S/c1-7-10(14)12(6-9(13)11-7)8-2-4-16(15)5-3-8/h7-8H,2-6H2,1H3,(H,11,13). The number of rotatable bonds is 1. The zero-order valence-electron chi connectivity index (χ0n) is 9.27. The molecule has 0 saturated carbocycles. The van der Waals surface area contributed by atoms with Crippen molar-refractivity contribution in [1.29, 1.82) is 0 Å². The Kier molecular flexibility index (Phi) is 3.28. The van der Waals surface area contributed by atoms with Gasteiger partial charge in [-0.1, -0.05) is 0 Å². The van der Waals surface area contributed by atoms with Crippen LogP contribution in [0.3, 0.4) is 0 Å². The van der Waals surface area contributed by atoms with Gasteiger partial charge in [0, 0.05) is 28.3 Å². The zero-order valence-corrected chi connectivity index (χ0v) is 10.1. The molecule has 2 rings (SSSR count). The average molecular weight is 244 g/mol. The number of carbonyl (C=O) groups is 2. The van der Waals surface area contributed by atoms with Gasteiger partial charge in [-0.25, -0.2) is 0 Å². The van der Waals surface area contributed by atoms with Crippen molar-refractivity contribution < 1.29 is 13.8 Å². The van der Waals surface area contributed by atoms with E-state index in [1.165, 1.54) is 0 Å². The zero-order chi connectivity index (χ0) is 11.7. The van der Waals surface area contributed by atoms with Gasteiger partial charge in [-0.2, -0.15) is 0 Å². The van der Waals surface area contributed by atoms with E-state index in [4.69, 9.17) is 0 Å². The summed E-state index contributed by atoms with van der Waals surface area (Å²) in [7, 11) is -0.733. The summed E-state index contributed by atoms with van der Waals surface area (Å²) in [6.45, 7) is 1.86. The molecule has 16 heavy (non-hydrogen) atoms. The first-order chi connectivity index (χ1) is 7.58. The Hall–Kier alpha value is -0.910. The lowest BCUT2D eigenvalue weighted by molar-refractivity contribution is -0.146. The van der Waals surface area contributed by atoms with Crippen LogP contribution in [0.1, 0.15) is 19.8 Å². The second kappa shape index (κ2) is 4.53. The maximum atomic E-state index is 11.9. The van der Waals surface area contributed by atoms with Crippen LogP contribution in [0.2, 0.25) is 0 Å². The molecule has 2 saturated heterocycles. The lowest BCUT2D eigenvalue weighted by atomic mass is 10.1. The van der Waals surface area contributed by atoms with E-state index in [9.17, 15) is 13.8 Å². The Labute approximate surface area is 97.0 Å². The van der Waals surface area contributed by atoms with Crippen LogP contribution in [0.4, 0.5) is 0 Å². The summed E-state index contributed by atoms with van der Waals surface area (Å²) in [5.74, 6) is 1.17. The van der Waals surface area contributed by atoms with Crippen molar-refractivity contribution in [1.82, 2.24) is 10.2 Å². The van der Waals surface area contributed by atoms with E-state index < -0.39 is 16.8 Å². The van der Waals surface area contributed by atoms with Crippen molar-refractivity contribution in [2.24, 2.45) is 0 Å². The molecule has 5 nitrogen and oxygen atoms in total. The Morgan fingerprint density at radius 3 is 2.56 bits per heavy atom. The van der Waals surface area contributed by atoms with E-state index in [1.54, 1.807) is 11.8 Å². The van der Waals surface area contributed by atoms with E-state index in [1.807, 2.05) is 0 Å². The number of hydrogen-bond acceptors (Lipinski definition) is 3. The Balaban J connectivity index is 2.04. The van der Waals surface area contributed by atoms with Crippen LogP contribution in [0.15, 0.2) is 0 Å². The summed E-state index contributed by atoms with van der Waals surface area (Å²) in [6, 6.07) is -0.327. The highest BCUT2D eigenvalue weighted by Gasteiger charge is 2.35. The second-order valence-electron chi connectivity index (χ2n) is 4.33. The minimum atomic E-state index is -0.733. The van der Waals surface area contributed by atoms with E-state index in [0.717, 1.165) is 12.8 Å². The predicted octanol–water partition coefficient (Wildman–Crippen LogP) is -0.756. The Bertz CT molecular complexity index is 335. The molecule has 2 amide bonds. The van der Waals surface area contributed by atoms with Crippen molar-refractivity contribution in [3.05, 3.63) is 0 Å². The molecule has 0 bridgehead atoms. The fourth-order valence-corrected chi connectivity index (χ4v) is 3.51. The van der Waals surface area contributed by atoms with Crippen molar-refractivity contribution in [3.8, 4) is 0 Å². The minimum Gasteiger partial charge on any atom is -0.343 e. The monoisotopic (exact) mass is 244 g/mol. The van der Waals surface area contributed by atoms with Gasteiger partial charge in [-0.05, 0) is 19.8 Å². The first-order valence-corrected chi connectivity index (χ1v) is 7.01. The SMILES string of the molecule is CC1NC(=O)CN(C2CCS(=O)CC2)C1=O. The number of amides is 2. The van der Waals surface area contributed by atoms with Gasteiger partial charge in [0.05, 0.1) is 6.54 Å². The third kappa shape index (κ3) is 2.26. The lowest BCUT2D eigenvalue weighted by Crippen LogP contribution is -2.60. The van der Waals surface area contributed by atoms with Crippen molar-refractivity contribution in [2.45, 2.75) is 31.8 Å². The van der Waals surface area contributed by atoms with Crippen LogP contribution in [0, 0.1) is 0 Å². The molecule has 1 N–H and O–H groups in total. The number of hydrogen-bond donors (Lipinski definition) is 1. The molecule has 1 atom stereocenters. The third-order valence-electron chi connectivity index (χ3n) is 3.14. The molecule has 90 valence electrons. The minimum absolute atomic E-state index is 0.0164. The molecule has 0 aromatic rings. The molecule has 0 aromatic carbocycles. The van der Waals surface area contributed by atoms with Gasteiger partial charge in [0.25, 0.3) is 0 Å². The van der Waals surface area contributed by atoms with Crippen LogP contribution >= 0.6 is 0 Å². The second-order valence-corrected chi connectivity index (χ2v) is 6.03. The molecular weight excluding hydrogens is 228 g/mol. The van der Waals surface area contributed by atoms with Crippen LogP contribution < -0.4 is 5.32 Å². The average Bonchev–Trinajstić information content (AvgIpc) is 2.25. The number of nitrogens with one attached hydrogen (secondary N) is 1. The predicted molar refractivity (Wildman–Crippen MR) is 60.2 cm³/mol. The number of carbonyl (C=O) groups excluding carboxylic acids is 2. The molecular formula is C10H16N2O3S. The molecule has 2 aliphatic heterocycles. The number of piperazine rings is 1. The van der Waals surface area contributed by atoms with E-state index in [2.05, 4.69) is 5.32 Å². The third-order valence-corrected chi connectivity index (χ3v) is 4.53. The summed E-state index contributed by atoms with van der Waals surface area (Å²) < 4.78 is 11.2. The summed E-state index contributed by atoms with van der Waals surface area (Å²) in [5, 5.41) is 2.62. The number of nitrogens with zero attached hydrogens (tertiary/aromatic N) is 1. The van der Waals surface area contributed by atoms with Gasteiger partial charge in [0.1, 0.15) is 6.04 Å². The van der Waals surface area contributed by atoms with Gasteiger partial charge >= 0.3 is 0 Å². The summed E-state index contributed by atoms with van der Waals surface area (Å²) >= 11 is 0. The van der Waals surface area contributed by atoms with Crippen LogP contribution in [-0.4, -0.2) is 51.1 Å². The van der Waals surface area contributed by atoms with Gasteiger partial charge in [0.15, 0.2) is 0 Å². The highest BCUT2D eigenvalue weighted by molar-refractivity contribution is 7.85. The van der Waals surface area contributed by atoms with Crippen molar-refractivity contribution >= 4 is 22.6 Å².